The van der Waals surface area contributed by atoms with E-state index in [9.17, 15) is 4.79 Å². The molecule has 0 radical (unpaired) electrons. The summed E-state index contributed by atoms with van der Waals surface area (Å²) < 4.78 is 5.23. The number of amides is 1. The molecule has 1 amide bonds. The molecule has 3 rings (SSSR count). The standard InChI is InChI=1S/C20H26N4O2/c1-26-17-8-6-7-16(15-17)11-12-21-19-10-9-18(22-23-19)20(25)24-13-4-2-3-5-14-24/h6-10,15H,2-5,11-14H2,1H3,(H,21,23). The molecule has 1 aromatic carbocycles. The summed E-state index contributed by atoms with van der Waals surface area (Å²) in [5.74, 6) is 1.53. The van der Waals surface area contributed by atoms with Crippen molar-refractivity contribution in [2.24, 2.45) is 0 Å². The van der Waals surface area contributed by atoms with Crippen molar-refractivity contribution >= 4 is 11.7 Å². The van der Waals surface area contributed by atoms with Crippen LogP contribution in [0.2, 0.25) is 0 Å². The Balaban J connectivity index is 1.51. The van der Waals surface area contributed by atoms with Gasteiger partial charge in [-0.15, -0.1) is 10.2 Å². The number of hydrogen-bond donors (Lipinski definition) is 1. The fourth-order valence-corrected chi connectivity index (χ4v) is 3.14. The van der Waals surface area contributed by atoms with Crippen LogP contribution in [0.1, 0.15) is 41.7 Å². The maximum atomic E-state index is 12.5. The Hall–Kier alpha value is -2.63. The third-order valence-electron chi connectivity index (χ3n) is 4.63. The highest BCUT2D eigenvalue weighted by atomic mass is 16.5. The lowest BCUT2D eigenvalue weighted by atomic mass is 10.1. The van der Waals surface area contributed by atoms with E-state index in [0.717, 1.165) is 44.6 Å². The molecule has 6 nitrogen and oxygen atoms in total. The van der Waals surface area contributed by atoms with E-state index in [2.05, 4.69) is 21.6 Å². The highest BCUT2D eigenvalue weighted by Crippen LogP contribution is 2.14. The third kappa shape index (κ3) is 4.94. The number of aromatic nitrogens is 2. The lowest BCUT2D eigenvalue weighted by Crippen LogP contribution is -2.32. The molecule has 0 saturated carbocycles. The van der Waals surface area contributed by atoms with Gasteiger partial charge in [0, 0.05) is 19.6 Å². The largest absolute Gasteiger partial charge is 0.497 e. The Morgan fingerprint density at radius 3 is 2.62 bits per heavy atom. The molecule has 0 atom stereocenters. The highest BCUT2D eigenvalue weighted by molar-refractivity contribution is 5.92. The highest BCUT2D eigenvalue weighted by Gasteiger charge is 2.18. The Bertz CT molecular complexity index is 710. The van der Waals surface area contributed by atoms with Crippen molar-refractivity contribution in [3.05, 3.63) is 47.7 Å². The molecule has 1 aliphatic heterocycles. The number of nitrogens with zero attached hydrogens (tertiary/aromatic N) is 3. The number of benzene rings is 1. The summed E-state index contributed by atoms with van der Waals surface area (Å²) in [5.41, 5.74) is 1.61. The minimum absolute atomic E-state index is 0.0117. The monoisotopic (exact) mass is 354 g/mol. The number of rotatable bonds is 6. The number of likely N-dealkylation sites (tertiary alicyclic amines) is 1. The van der Waals surface area contributed by atoms with Crippen LogP contribution in [0.15, 0.2) is 36.4 Å². The molecule has 1 aliphatic rings. The number of carbonyl (C=O) groups is 1. The molecule has 6 heteroatoms. The van der Waals surface area contributed by atoms with Crippen molar-refractivity contribution in [1.82, 2.24) is 15.1 Å². The Morgan fingerprint density at radius 1 is 1.12 bits per heavy atom. The summed E-state index contributed by atoms with van der Waals surface area (Å²) in [6, 6.07) is 11.6. The molecule has 0 aliphatic carbocycles. The summed E-state index contributed by atoms with van der Waals surface area (Å²) in [7, 11) is 1.67. The van der Waals surface area contributed by atoms with Crippen LogP contribution in [0.25, 0.3) is 0 Å². The molecule has 26 heavy (non-hydrogen) atoms. The fraction of sp³-hybridized carbons (Fsp3) is 0.450. The van der Waals surface area contributed by atoms with Gasteiger partial charge < -0.3 is 15.0 Å². The second kappa shape index (κ2) is 9.17. The van der Waals surface area contributed by atoms with E-state index in [-0.39, 0.29) is 5.91 Å². The van der Waals surface area contributed by atoms with E-state index in [0.29, 0.717) is 11.5 Å². The van der Waals surface area contributed by atoms with Gasteiger partial charge >= 0.3 is 0 Å². The average molecular weight is 354 g/mol. The van der Waals surface area contributed by atoms with E-state index in [4.69, 9.17) is 4.74 Å². The van der Waals surface area contributed by atoms with Crippen molar-refractivity contribution < 1.29 is 9.53 Å². The fourth-order valence-electron chi connectivity index (χ4n) is 3.14. The summed E-state index contributed by atoms with van der Waals surface area (Å²) in [5, 5.41) is 11.5. The second-order valence-electron chi connectivity index (χ2n) is 6.54. The van der Waals surface area contributed by atoms with Gasteiger partial charge in [0.1, 0.15) is 11.6 Å². The van der Waals surface area contributed by atoms with E-state index in [1.165, 1.54) is 18.4 Å². The first-order valence-electron chi connectivity index (χ1n) is 9.26. The maximum Gasteiger partial charge on any atom is 0.274 e. The van der Waals surface area contributed by atoms with E-state index in [1.54, 1.807) is 13.2 Å². The van der Waals surface area contributed by atoms with Gasteiger partial charge in [-0.1, -0.05) is 25.0 Å². The predicted octanol–water partition coefficient (Wildman–Crippen LogP) is 3.16. The summed E-state index contributed by atoms with van der Waals surface area (Å²) >= 11 is 0. The molecule has 138 valence electrons. The normalized spacial score (nSPS) is 14.6. The first kappa shape index (κ1) is 18.2. The van der Waals surface area contributed by atoms with Gasteiger partial charge in [-0.25, -0.2) is 0 Å². The molecule has 2 aromatic rings. The number of carbonyl (C=O) groups excluding carboxylic acids is 1. The molecule has 2 heterocycles. The molecule has 1 fully saturated rings. The number of hydrogen-bond acceptors (Lipinski definition) is 5. The van der Waals surface area contributed by atoms with Gasteiger partial charge in [0.25, 0.3) is 5.91 Å². The molecular formula is C20H26N4O2. The van der Waals surface area contributed by atoms with Crippen molar-refractivity contribution in [1.29, 1.82) is 0 Å². The molecule has 1 saturated heterocycles. The zero-order valence-corrected chi connectivity index (χ0v) is 15.3. The quantitative estimate of drug-likeness (QED) is 0.863. The number of anilines is 1. The minimum atomic E-state index is -0.0117. The predicted molar refractivity (Wildman–Crippen MR) is 102 cm³/mol. The molecule has 0 unspecified atom stereocenters. The minimum Gasteiger partial charge on any atom is -0.497 e. The lowest BCUT2D eigenvalue weighted by molar-refractivity contribution is 0.0754. The molecule has 0 spiro atoms. The summed E-state index contributed by atoms with van der Waals surface area (Å²) in [6.45, 7) is 2.38. The van der Waals surface area contributed by atoms with Gasteiger partial charge in [0.15, 0.2) is 5.69 Å². The van der Waals surface area contributed by atoms with Crippen LogP contribution < -0.4 is 10.1 Å². The first-order chi connectivity index (χ1) is 12.8. The van der Waals surface area contributed by atoms with Crippen LogP contribution in [0.5, 0.6) is 5.75 Å². The van der Waals surface area contributed by atoms with Gasteiger partial charge in [-0.3, -0.25) is 4.79 Å². The van der Waals surface area contributed by atoms with Crippen LogP contribution in [0.3, 0.4) is 0 Å². The van der Waals surface area contributed by atoms with E-state index < -0.39 is 0 Å². The van der Waals surface area contributed by atoms with Gasteiger partial charge in [-0.05, 0) is 49.1 Å². The Morgan fingerprint density at radius 2 is 1.92 bits per heavy atom. The van der Waals surface area contributed by atoms with Crippen molar-refractivity contribution in [2.75, 3.05) is 32.1 Å². The lowest BCUT2D eigenvalue weighted by Gasteiger charge is -2.19. The van der Waals surface area contributed by atoms with E-state index in [1.807, 2.05) is 29.2 Å². The summed E-state index contributed by atoms with van der Waals surface area (Å²) in [6.07, 6.45) is 5.40. The van der Waals surface area contributed by atoms with Crippen LogP contribution in [0, 0.1) is 0 Å². The van der Waals surface area contributed by atoms with Gasteiger partial charge in [0.05, 0.1) is 7.11 Å². The third-order valence-corrected chi connectivity index (χ3v) is 4.63. The first-order valence-corrected chi connectivity index (χ1v) is 9.26. The number of nitrogens with one attached hydrogen (secondary N) is 1. The summed E-state index contributed by atoms with van der Waals surface area (Å²) in [4.78, 5) is 14.4. The topological polar surface area (TPSA) is 67.3 Å². The van der Waals surface area contributed by atoms with Crippen molar-refractivity contribution in [3.63, 3.8) is 0 Å². The Labute approximate surface area is 154 Å². The number of ether oxygens (including phenoxy) is 1. The van der Waals surface area contributed by atoms with Crippen LogP contribution in [-0.2, 0) is 6.42 Å². The van der Waals surface area contributed by atoms with Gasteiger partial charge in [0.2, 0.25) is 0 Å². The van der Waals surface area contributed by atoms with Crippen LogP contribution in [-0.4, -0.2) is 47.7 Å². The zero-order chi connectivity index (χ0) is 18.2. The van der Waals surface area contributed by atoms with Gasteiger partial charge in [-0.2, -0.15) is 0 Å². The zero-order valence-electron chi connectivity index (χ0n) is 15.3. The average Bonchev–Trinajstić information content (AvgIpc) is 2.98. The maximum absolute atomic E-state index is 12.5. The molecule has 1 aromatic heterocycles. The molecule has 0 bridgehead atoms. The van der Waals surface area contributed by atoms with Crippen LogP contribution in [0.4, 0.5) is 5.82 Å². The number of methoxy groups -OCH3 is 1. The van der Waals surface area contributed by atoms with E-state index >= 15 is 0 Å². The Kier molecular flexibility index (Phi) is 6.41. The van der Waals surface area contributed by atoms with Crippen molar-refractivity contribution in [2.45, 2.75) is 32.1 Å². The molecular weight excluding hydrogens is 328 g/mol. The second-order valence-corrected chi connectivity index (χ2v) is 6.54. The SMILES string of the molecule is COc1cccc(CCNc2ccc(C(=O)N3CCCCCC3)nn2)c1. The molecule has 1 N–H and O–H groups in total. The smallest absolute Gasteiger partial charge is 0.274 e. The van der Waals surface area contributed by atoms with Crippen molar-refractivity contribution in [3.8, 4) is 5.75 Å². The van der Waals surface area contributed by atoms with Crippen LogP contribution >= 0.6 is 0 Å².